The van der Waals surface area contributed by atoms with Gasteiger partial charge in [0.25, 0.3) is 5.91 Å². The molecule has 154 valence electrons. The molecule has 1 amide bonds. The normalized spacial score (nSPS) is 13.6. The Hall–Kier alpha value is -3.69. The first-order valence-electron chi connectivity index (χ1n) is 9.10. The molecule has 0 aliphatic carbocycles. The Morgan fingerprint density at radius 2 is 1.93 bits per heavy atom. The number of nitrogens with one attached hydrogen (secondary N) is 1. The van der Waals surface area contributed by atoms with E-state index in [0.717, 1.165) is 23.4 Å². The minimum Gasteiger partial charge on any atom is -0.368 e. The van der Waals surface area contributed by atoms with Crippen molar-refractivity contribution in [3.8, 4) is 0 Å². The summed E-state index contributed by atoms with van der Waals surface area (Å²) < 4.78 is 38.6. The number of fused-ring (bicyclic) bond motifs is 1. The number of carbonyl (C=O) groups excluding carboxylic acids is 1. The molecule has 3 N–H and O–H groups in total. The molecule has 2 aromatic heterocycles. The number of halogens is 3. The van der Waals surface area contributed by atoms with E-state index in [4.69, 9.17) is 5.73 Å². The van der Waals surface area contributed by atoms with E-state index in [9.17, 15) is 18.0 Å². The second-order valence-corrected chi connectivity index (χ2v) is 6.79. The van der Waals surface area contributed by atoms with E-state index in [1.165, 1.54) is 18.2 Å². The molecule has 0 bridgehead atoms. The van der Waals surface area contributed by atoms with Crippen molar-refractivity contribution in [1.82, 2.24) is 15.0 Å². The Labute approximate surface area is 169 Å². The number of nitrogens with two attached hydrogens (primary N) is 1. The molecule has 0 spiro atoms. The average Bonchev–Trinajstić information content (AvgIpc) is 2.73. The van der Waals surface area contributed by atoms with Crippen LogP contribution in [0.3, 0.4) is 0 Å². The third-order valence-electron chi connectivity index (χ3n) is 4.69. The number of benzene rings is 1. The highest BCUT2D eigenvalue weighted by molar-refractivity contribution is 6.03. The van der Waals surface area contributed by atoms with Crippen molar-refractivity contribution in [2.45, 2.75) is 19.1 Å². The number of rotatable bonds is 3. The van der Waals surface area contributed by atoms with Gasteiger partial charge in [-0.2, -0.15) is 13.2 Å². The van der Waals surface area contributed by atoms with Crippen LogP contribution in [0.25, 0.3) is 0 Å². The maximum Gasteiger partial charge on any atom is 0.416 e. The first-order chi connectivity index (χ1) is 14.3. The molecule has 30 heavy (non-hydrogen) atoms. The van der Waals surface area contributed by atoms with Gasteiger partial charge in [-0.05, 0) is 30.3 Å². The smallest absolute Gasteiger partial charge is 0.368 e. The molecular formula is C20H17F3N6O. The Kier molecular flexibility index (Phi) is 4.98. The number of anilines is 3. The van der Waals surface area contributed by atoms with Gasteiger partial charge < -0.3 is 16.0 Å². The summed E-state index contributed by atoms with van der Waals surface area (Å²) >= 11 is 0. The maximum absolute atomic E-state index is 12.9. The molecule has 1 aromatic carbocycles. The zero-order chi connectivity index (χ0) is 21.3. The summed E-state index contributed by atoms with van der Waals surface area (Å²) in [4.78, 5) is 27.1. The summed E-state index contributed by atoms with van der Waals surface area (Å²) in [5, 5.41) is 2.47. The van der Waals surface area contributed by atoms with Crippen LogP contribution in [-0.4, -0.2) is 27.4 Å². The first kappa shape index (κ1) is 19.6. The number of hydrogen-bond donors (Lipinski definition) is 2. The van der Waals surface area contributed by atoms with Gasteiger partial charge in [0.15, 0.2) is 0 Å². The Morgan fingerprint density at radius 3 is 2.73 bits per heavy atom. The van der Waals surface area contributed by atoms with Gasteiger partial charge in [-0.25, -0.2) is 15.0 Å². The minimum atomic E-state index is -4.49. The molecule has 1 aliphatic heterocycles. The fraction of sp³-hybridized carbons (Fsp3) is 0.200. The van der Waals surface area contributed by atoms with Crippen molar-refractivity contribution in [2.75, 3.05) is 22.5 Å². The highest BCUT2D eigenvalue weighted by atomic mass is 19.4. The molecule has 1 aliphatic rings. The molecule has 0 unspecified atom stereocenters. The van der Waals surface area contributed by atoms with Gasteiger partial charge in [0.05, 0.1) is 11.3 Å². The lowest BCUT2D eigenvalue weighted by Gasteiger charge is -2.29. The topological polar surface area (TPSA) is 97.0 Å². The van der Waals surface area contributed by atoms with Crippen molar-refractivity contribution < 1.29 is 18.0 Å². The molecule has 3 aromatic rings. The first-order valence-corrected chi connectivity index (χ1v) is 9.10. The van der Waals surface area contributed by atoms with Crippen LogP contribution in [0.15, 0.2) is 48.7 Å². The van der Waals surface area contributed by atoms with Gasteiger partial charge in [-0.1, -0.05) is 12.1 Å². The standard InChI is InChI=1S/C20H17F3N6O/c21-20(22,23)13-3-1-4-14(9-13)26-18(30)16-5-2-6-17(27-16)29-8-7-15-12(11-29)10-25-19(24)28-15/h1-6,9-10H,7-8,11H2,(H,26,30)(H2,24,25,28). The van der Waals surface area contributed by atoms with E-state index in [1.54, 1.807) is 18.3 Å². The van der Waals surface area contributed by atoms with E-state index < -0.39 is 17.6 Å². The zero-order valence-electron chi connectivity index (χ0n) is 15.6. The van der Waals surface area contributed by atoms with Gasteiger partial charge in [0.1, 0.15) is 11.5 Å². The number of nitrogen functional groups attached to an aromatic ring is 1. The highest BCUT2D eigenvalue weighted by Crippen LogP contribution is 2.30. The van der Waals surface area contributed by atoms with Crippen LogP contribution in [0.1, 0.15) is 27.3 Å². The van der Waals surface area contributed by atoms with Crippen LogP contribution in [0.2, 0.25) is 0 Å². The number of carbonyl (C=O) groups is 1. The van der Waals surface area contributed by atoms with E-state index in [1.807, 2.05) is 4.90 Å². The van der Waals surface area contributed by atoms with Gasteiger partial charge in [0, 0.05) is 37.0 Å². The number of amides is 1. The monoisotopic (exact) mass is 414 g/mol. The molecule has 0 fully saturated rings. The molecule has 10 heteroatoms. The third kappa shape index (κ3) is 4.17. The Balaban J connectivity index is 1.51. The number of pyridine rings is 1. The van der Waals surface area contributed by atoms with Gasteiger partial charge in [-0.3, -0.25) is 4.79 Å². The van der Waals surface area contributed by atoms with E-state index in [-0.39, 0.29) is 17.3 Å². The number of aromatic nitrogens is 3. The summed E-state index contributed by atoms with van der Waals surface area (Å²) in [7, 11) is 0. The van der Waals surface area contributed by atoms with E-state index in [2.05, 4.69) is 20.3 Å². The molecule has 4 rings (SSSR count). The molecular weight excluding hydrogens is 397 g/mol. The van der Waals surface area contributed by atoms with Crippen LogP contribution >= 0.6 is 0 Å². The summed E-state index contributed by atoms with van der Waals surface area (Å²) in [6, 6.07) is 9.42. The van der Waals surface area contributed by atoms with Gasteiger partial charge in [-0.15, -0.1) is 0 Å². The molecule has 7 nitrogen and oxygen atoms in total. The van der Waals surface area contributed by atoms with Crippen LogP contribution < -0.4 is 16.0 Å². The second kappa shape index (κ2) is 7.62. The van der Waals surface area contributed by atoms with Crippen LogP contribution in [-0.2, 0) is 19.1 Å². The van der Waals surface area contributed by atoms with Crippen LogP contribution in [0, 0.1) is 0 Å². The fourth-order valence-electron chi connectivity index (χ4n) is 3.22. The summed E-state index contributed by atoms with van der Waals surface area (Å²) in [6.07, 6.45) is -2.16. The van der Waals surface area contributed by atoms with Crippen LogP contribution in [0.5, 0.6) is 0 Å². The van der Waals surface area contributed by atoms with Gasteiger partial charge in [0.2, 0.25) is 5.95 Å². The second-order valence-electron chi connectivity index (χ2n) is 6.79. The van der Waals surface area contributed by atoms with Crippen molar-refractivity contribution in [1.29, 1.82) is 0 Å². The maximum atomic E-state index is 12.9. The molecule has 0 atom stereocenters. The molecule has 0 saturated carbocycles. The molecule has 0 radical (unpaired) electrons. The van der Waals surface area contributed by atoms with Crippen molar-refractivity contribution in [3.05, 3.63) is 71.2 Å². The number of hydrogen-bond acceptors (Lipinski definition) is 6. The summed E-state index contributed by atoms with van der Waals surface area (Å²) in [5.74, 6) is 0.215. The lowest BCUT2D eigenvalue weighted by molar-refractivity contribution is -0.137. The lowest BCUT2D eigenvalue weighted by Crippen LogP contribution is -2.32. The van der Waals surface area contributed by atoms with E-state index in [0.29, 0.717) is 25.3 Å². The fourth-order valence-corrected chi connectivity index (χ4v) is 3.22. The summed E-state index contributed by atoms with van der Waals surface area (Å²) in [6.45, 7) is 1.15. The quantitative estimate of drug-likeness (QED) is 0.683. The Morgan fingerprint density at radius 1 is 1.13 bits per heavy atom. The number of nitrogens with zero attached hydrogens (tertiary/aromatic N) is 4. The number of alkyl halides is 3. The SMILES string of the molecule is Nc1ncc2c(n1)CCN(c1cccc(C(=O)Nc3cccc(C(F)(F)F)c3)n1)C2. The predicted octanol–water partition coefficient (Wildman–Crippen LogP) is 3.29. The zero-order valence-corrected chi connectivity index (χ0v) is 15.6. The molecule has 0 saturated heterocycles. The Bertz CT molecular complexity index is 1100. The lowest BCUT2D eigenvalue weighted by atomic mass is 10.1. The highest BCUT2D eigenvalue weighted by Gasteiger charge is 2.30. The van der Waals surface area contributed by atoms with Crippen molar-refractivity contribution in [2.24, 2.45) is 0 Å². The third-order valence-corrected chi connectivity index (χ3v) is 4.69. The average molecular weight is 414 g/mol. The van der Waals surface area contributed by atoms with Gasteiger partial charge >= 0.3 is 6.18 Å². The predicted molar refractivity (Wildman–Crippen MR) is 105 cm³/mol. The largest absolute Gasteiger partial charge is 0.416 e. The summed E-state index contributed by atoms with van der Waals surface area (Å²) in [5.41, 5.74) is 6.75. The van der Waals surface area contributed by atoms with Crippen LogP contribution in [0.4, 0.5) is 30.6 Å². The van der Waals surface area contributed by atoms with Crippen molar-refractivity contribution in [3.63, 3.8) is 0 Å². The minimum absolute atomic E-state index is 0.0451. The van der Waals surface area contributed by atoms with E-state index >= 15 is 0 Å². The van der Waals surface area contributed by atoms with Crippen molar-refractivity contribution >= 4 is 23.4 Å². The molecule has 3 heterocycles.